The summed E-state index contributed by atoms with van der Waals surface area (Å²) in [5, 5.41) is 7.46. The number of hydrogen-bond donors (Lipinski definition) is 1. The van der Waals surface area contributed by atoms with Crippen LogP contribution < -0.4 is 15.0 Å². The predicted molar refractivity (Wildman–Crippen MR) is 144 cm³/mol. The Morgan fingerprint density at radius 3 is 2.24 bits per heavy atom. The molecule has 0 spiro atoms. The number of aryl methyl sites for hydroxylation is 4. The number of allylic oxidation sites excluding steroid dienone is 1. The van der Waals surface area contributed by atoms with Crippen LogP contribution >= 0.6 is 0 Å². The van der Waals surface area contributed by atoms with Gasteiger partial charge in [-0.05, 0) is 98.8 Å². The van der Waals surface area contributed by atoms with Gasteiger partial charge >= 0.3 is 6.03 Å². The molecule has 0 radical (unpaired) electrons. The summed E-state index contributed by atoms with van der Waals surface area (Å²) in [5.74, 6) is 1.58. The summed E-state index contributed by atoms with van der Waals surface area (Å²) in [7, 11) is 1.63. The van der Waals surface area contributed by atoms with Crippen molar-refractivity contribution in [3.05, 3.63) is 100 Å². The van der Waals surface area contributed by atoms with Gasteiger partial charge in [0.05, 0.1) is 24.4 Å². The number of anilines is 1. The summed E-state index contributed by atoms with van der Waals surface area (Å²) in [5.41, 5.74) is 8.53. The third-order valence-electron chi connectivity index (χ3n) is 6.82. The zero-order valence-electron chi connectivity index (χ0n) is 21.9. The lowest BCUT2D eigenvalue weighted by Gasteiger charge is -2.35. The number of carbonyl (C=O) groups is 1. The number of rotatable bonds is 5. The van der Waals surface area contributed by atoms with Gasteiger partial charge in [0.1, 0.15) is 5.75 Å². The van der Waals surface area contributed by atoms with E-state index in [1.807, 2.05) is 63.2 Å². The molecule has 1 N–H and O–H groups in total. The Kier molecular flexibility index (Phi) is 6.29. The van der Waals surface area contributed by atoms with Crippen molar-refractivity contribution in [3.8, 4) is 17.1 Å². The van der Waals surface area contributed by atoms with Gasteiger partial charge in [-0.2, -0.15) is 4.98 Å². The topological polar surface area (TPSA) is 80.5 Å². The van der Waals surface area contributed by atoms with E-state index < -0.39 is 6.04 Å². The van der Waals surface area contributed by atoms with E-state index in [9.17, 15) is 4.79 Å². The fourth-order valence-corrected chi connectivity index (χ4v) is 4.80. The average Bonchev–Trinajstić information content (AvgIpc) is 3.34. The molecule has 0 saturated heterocycles. The van der Waals surface area contributed by atoms with Crippen LogP contribution in [0.3, 0.4) is 0 Å². The fourth-order valence-electron chi connectivity index (χ4n) is 4.80. The highest BCUT2D eigenvalue weighted by atomic mass is 16.5. The molecule has 7 nitrogen and oxygen atoms in total. The Labute approximate surface area is 216 Å². The minimum absolute atomic E-state index is 0.204. The number of aromatic nitrogens is 2. The van der Waals surface area contributed by atoms with Crippen molar-refractivity contribution in [1.29, 1.82) is 0 Å². The first-order valence-corrected chi connectivity index (χ1v) is 12.2. The SMILES string of the molecule is COc1ccc(-c2noc(C3=C(C)N(c4cc(C)cc(C)c4)C(=O)NC3c3ccc(C)c(C)c3)n2)cc1. The standard InChI is InChI=1S/C30H30N4O3/c1-17-13-18(2)15-24(14-17)34-21(5)26(27(31-30(34)35)23-8-7-19(3)20(4)16-23)29-32-28(33-37-29)22-9-11-25(36-6)12-10-22/h7-16,27H,1-6H3,(H,31,35). The maximum Gasteiger partial charge on any atom is 0.326 e. The molecular weight excluding hydrogens is 464 g/mol. The second-order valence-electron chi connectivity index (χ2n) is 9.56. The van der Waals surface area contributed by atoms with E-state index in [0.717, 1.165) is 50.5 Å². The van der Waals surface area contributed by atoms with Crippen molar-refractivity contribution in [2.75, 3.05) is 12.0 Å². The molecule has 2 amide bonds. The zero-order chi connectivity index (χ0) is 26.3. The number of carbonyl (C=O) groups excluding carboxylic acids is 1. The summed E-state index contributed by atoms with van der Waals surface area (Å²) < 4.78 is 11.1. The molecule has 0 bridgehead atoms. The Balaban J connectivity index is 1.66. The summed E-state index contributed by atoms with van der Waals surface area (Å²) in [4.78, 5) is 20.0. The molecule has 0 aliphatic carbocycles. The molecule has 7 heteroatoms. The van der Waals surface area contributed by atoms with E-state index in [0.29, 0.717) is 11.7 Å². The van der Waals surface area contributed by atoms with E-state index in [1.54, 1.807) is 12.0 Å². The highest BCUT2D eigenvalue weighted by molar-refractivity contribution is 6.01. The normalized spacial score (nSPS) is 15.7. The van der Waals surface area contributed by atoms with Gasteiger partial charge in [0.15, 0.2) is 0 Å². The third kappa shape index (κ3) is 4.60. The Morgan fingerprint density at radius 1 is 0.892 bits per heavy atom. The van der Waals surface area contributed by atoms with Gasteiger partial charge in [-0.25, -0.2) is 4.79 Å². The monoisotopic (exact) mass is 494 g/mol. The maximum atomic E-state index is 13.5. The highest BCUT2D eigenvalue weighted by Crippen LogP contribution is 2.40. The molecule has 1 aliphatic heterocycles. The van der Waals surface area contributed by atoms with Crippen LogP contribution in [0, 0.1) is 27.7 Å². The van der Waals surface area contributed by atoms with Crippen LogP contribution in [0.4, 0.5) is 10.5 Å². The van der Waals surface area contributed by atoms with Gasteiger partial charge in [0, 0.05) is 11.3 Å². The van der Waals surface area contributed by atoms with Gasteiger partial charge in [0.2, 0.25) is 5.82 Å². The number of nitrogens with one attached hydrogen (secondary N) is 1. The molecule has 5 rings (SSSR count). The quantitative estimate of drug-likeness (QED) is 0.335. The van der Waals surface area contributed by atoms with Gasteiger partial charge < -0.3 is 14.6 Å². The van der Waals surface area contributed by atoms with Crippen LogP contribution in [0.25, 0.3) is 17.0 Å². The van der Waals surface area contributed by atoms with Crippen LogP contribution in [-0.2, 0) is 0 Å². The zero-order valence-corrected chi connectivity index (χ0v) is 21.9. The predicted octanol–water partition coefficient (Wildman–Crippen LogP) is 6.68. The lowest BCUT2D eigenvalue weighted by molar-refractivity contribution is 0.244. The van der Waals surface area contributed by atoms with Gasteiger partial charge in [0.25, 0.3) is 5.89 Å². The minimum atomic E-state index is -0.446. The first-order valence-electron chi connectivity index (χ1n) is 12.2. The van der Waals surface area contributed by atoms with E-state index >= 15 is 0 Å². The number of urea groups is 1. The molecular formula is C30H30N4O3. The van der Waals surface area contributed by atoms with Crippen LogP contribution in [0.15, 0.2) is 70.9 Å². The number of benzene rings is 3. The van der Waals surface area contributed by atoms with Crippen molar-refractivity contribution in [2.45, 2.75) is 40.7 Å². The summed E-state index contributed by atoms with van der Waals surface area (Å²) >= 11 is 0. The fraction of sp³-hybridized carbons (Fsp3) is 0.233. The van der Waals surface area contributed by atoms with E-state index in [-0.39, 0.29) is 6.03 Å². The Bertz CT molecular complexity index is 1500. The van der Waals surface area contributed by atoms with E-state index in [4.69, 9.17) is 14.2 Å². The molecule has 1 unspecified atom stereocenters. The van der Waals surface area contributed by atoms with Crippen LogP contribution in [0.2, 0.25) is 0 Å². The molecule has 188 valence electrons. The Morgan fingerprint density at radius 2 is 1.59 bits per heavy atom. The number of ether oxygens (including phenoxy) is 1. The largest absolute Gasteiger partial charge is 0.497 e. The second kappa shape index (κ2) is 9.58. The van der Waals surface area contributed by atoms with Gasteiger partial charge in [-0.1, -0.05) is 29.4 Å². The number of amides is 2. The third-order valence-corrected chi connectivity index (χ3v) is 6.82. The van der Waals surface area contributed by atoms with Crippen LogP contribution in [-0.4, -0.2) is 23.3 Å². The first-order chi connectivity index (χ1) is 17.7. The van der Waals surface area contributed by atoms with Crippen molar-refractivity contribution in [1.82, 2.24) is 15.5 Å². The van der Waals surface area contributed by atoms with E-state index in [2.05, 4.69) is 42.5 Å². The second-order valence-corrected chi connectivity index (χ2v) is 9.56. The van der Waals surface area contributed by atoms with Crippen LogP contribution in [0.5, 0.6) is 5.75 Å². The smallest absolute Gasteiger partial charge is 0.326 e. The summed E-state index contributed by atoms with van der Waals surface area (Å²) in [6.45, 7) is 10.1. The molecule has 2 heterocycles. The molecule has 1 aliphatic rings. The van der Waals surface area contributed by atoms with Crippen molar-refractivity contribution >= 4 is 17.3 Å². The molecule has 3 aromatic carbocycles. The lowest BCUT2D eigenvalue weighted by atomic mass is 9.92. The molecule has 37 heavy (non-hydrogen) atoms. The lowest BCUT2D eigenvalue weighted by Crippen LogP contribution is -2.46. The summed E-state index contributed by atoms with van der Waals surface area (Å²) in [6.07, 6.45) is 0. The van der Waals surface area contributed by atoms with Crippen LogP contribution in [0.1, 0.15) is 46.7 Å². The molecule has 1 aromatic heterocycles. The van der Waals surface area contributed by atoms with Gasteiger partial charge in [-0.15, -0.1) is 0 Å². The summed E-state index contributed by atoms with van der Waals surface area (Å²) in [6, 6.07) is 19.1. The Hall–Kier alpha value is -4.39. The maximum absolute atomic E-state index is 13.5. The van der Waals surface area contributed by atoms with Crippen molar-refractivity contribution < 1.29 is 14.1 Å². The number of nitrogens with zero attached hydrogens (tertiary/aromatic N) is 3. The molecule has 1 atom stereocenters. The number of hydrogen-bond acceptors (Lipinski definition) is 5. The first kappa shape index (κ1) is 24.3. The highest BCUT2D eigenvalue weighted by Gasteiger charge is 2.36. The van der Waals surface area contributed by atoms with Gasteiger partial charge in [-0.3, -0.25) is 4.90 Å². The number of methoxy groups -OCH3 is 1. The van der Waals surface area contributed by atoms with E-state index in [1.165, 1.54) is 5.56 Å². The molecule has 0 fully saturated rings. The average molecular weight is 495 g/mol. The molecule has 4 aromatic rings. The van der Waals surface area contributed by atoms with Crippen molar-refractivity contribution in [2.24, 2.45) is 0 Å². The van der Waals surface area contributed by atoms with Crippen molar-refractivity contribution in [3.63, 3.8) is 0 Å². The molecule has 0 saturated carbocycles. The minimum Gasteiger partial charge on any atom is -0.497 e.